The van der Waals surface area contributed by atoms with E-state index in [4.69, 9.17) is 19.2 Å². The van der Waals surface area contributed by atoms with E-state index in [1.807, 2.05) is 54.7 Å². The third-order valence-corrected chi connectivity index (χ3v) is 5.32. The highest BCUT2D eigenvalue weighted by Crippen LogP contribution is 2.34. The van der Waals surface area contributed by atoms with Crippen molar-refractivity contribution in [2.75, 3.05) is 25.2 Å². The van der Waals surface area contributed by atoms with E-state index in [0.717, 1.165) is 29.1 Å². The van der Waals surface area contributed by atoms with E-state index in [0.29, 0.717) is 37.2 Å². The minimum absolute atomic E-state index is 0.0392. The summed E-state index contributed by atoms with van der Waals surface area (Å²) in [5.74, 6) is 2.29. The number of pyridine rings is 2. The molecule has 1 atom stereocenters. The number of rotatable bonds is 8. The number of benzene rings is 1. The fraction of sp³-hybridized carbons (Fsp3) is 0.261. The molecule has 1 saturated heterocycles. The van der Waals surface area contributed by atoms with Crippen molar-refractivity contribution in [3.8, 4) is 23.0 Å². The average Bonchev–Trinajstić information content (AvgIpc) is 3.58. The number of hydrogen-bond acceptors (Lipinski definition) is 9. The molecule has 4 aromatic rings. The molecule has 4 heterocycles. The molecule has 1 aromatic carbocycles. The number of hydrogen-bond donors (Lipinski definition) is 1. The second-order valence-corrected chi connectivity index (χ2v) is 7.51. The molecule has 5 rings (SSSR count). The Bertz CT molecular complexity index is 1160. The first-order valence-corrected chi connectivity index (χ1v) is 10.6. The van der Waals surface area contributed by atoms with Gasteiger partial charge in [-0.2, -0.15) is 10.2 Å². The number of anilines is 2. The van der Waals surface area contributed by atoms with Crippen LogP contribution in [-0.4, -0.2) is 57.0 Å². The van der Waals surface area contributed by atoms with Gasteiger partial charge in [-0.1, -0.05) is 6.07 Å². The van der Waals surface area contributed by atoms with E-state index in [9.17, 15) is 0 Å². The first-order chi connectivity index (χ1) is 16.3. The van der Waals surface area contributed by atoms with Crippen LogP contribution in [0.15, 0.2) is 60.9 Å². The number of aromatic nitrogens is 6. The first-order valence-electron chi connectivity index (χ1n) is 10.6. The molecule has 3 aromatic heterocycles. The van der Waals surface area contributed by atoms with Crippen molar-refractivity contribution in [2.24, 2.45) is 0 Å². The number of aromatic amines is 1. The maximum atomic E-state index is 6.12. The molecule has 1 aliphatic heterocycles. The van der Waals surface area contributed by atoms with Gasteiger partial charge >= 0.3 is 0 Å². The summed E-state index contributed by atoms with van der Waals surface area (Å²) in [7, 11) is 1.61. The summed E-state index contributed by atoms with van der Waals surface area (Å²) in [5.41, 5.74) is 2.85. The van der Waals surface area contributed by atoms with Crippen molar-refractivity contribution in [3.05, 3.63) is 66.5 Å². The largest absolute Gasteiger partial charge is 0.491 e. The lowest BCUT2D eigenvalue weighted by Gasteiger charge is -2.25. The Morgan fingerprint density at radius 3 is 2.76 bits per heavy atom. The van der Waals surface area contributed by atoms with Gasteiger partial charge in [0, 0.05) is 30.1 Å². The molecule has 0 unspecified atom stereocenters. The summed E-state index contributed by atoms with van der Waals surface area (Å²) in [6.45, 7) is 1.80. The molecule has 0 saturated carbocycles. The molecule has 1 fully saturated rings. The Labute approximate surface area is 190 Å². The van der Waals surface area contributed by atoms with Crippen molar-refractivity contribution in [3.63, 3.8) is 0 Å². The monoisotopic (exact) mass is 445 g/mol. The van der Waals surface area contributed by atoms with Gasteiger partial charge in [-0.3, -0.25) is 4.98 Å². The summed E-state index contributed by atoms with van der Waals surface area (Å²) in [6, 6.07) is 15.6. The lowest BCUT2D eigenvalue weighted by Crippen LogP contribution is -2.20. The summed E-state index contributed by atoms with van der Waals surface area (Å²) >= 11 is 0. The van der Waals surface area contributed by atoms with Crippen LogP contribution in [0.5, 0.6) is 11.6 Å². The summed E-state index contributed by atoms with van der Waals surface area (Å²) in [4.78, 5) is 11.2. The summed E-state index contributed by atoms with van der Waals surface area (Å²) in [6.07, 6.45) is 4.39. The molecule has 0 bridgehead atoms. The third kappa shape index (κ3) is 4.75. The van der Waals surface area contributed by atoms with Gasteiger partial charge in [0.15, 0.2) is 5.75 Å². The van der Waals surface area contributed by atoms with Crippen molar-refractivity contribution in [1.29, 1.82) is 0 Å². The van der Waals surface area contributed by atoms with Gasteiger partial charge in [0.2, 0.25) is 5.82 Å². The number of tetrazole rings is 1. The zero-order valence-electron chi connectivity index (χ0n) is 18.1. The summed E-state index contributed by atoms with van der Waals surface area (Å²) < 4.78 is 17.0. The van der Waals surface area contributed by atoms with Gasteiger partial charge in [-0.15, -0.1) is 10.2 Å². The zero-order valence-corrected chi connectivity index (χ0v) is 18.1. The van der Waals surface area contributed by atoms with Crippen LogP contribution in [0.2, 0.25) is 0 Å². The molecule has 10 heteroatoms. The Balaban J connectivity index is 1.50. The van der Waals surface area contributed by atoms with E-state index in [-0.39, 0.29) is 6.10 Å². The lowest BCUT2D eigenvalue weighted by molar-refractivity contribution is 0.135. The predicted molar refractivity (Wildman–Crippen MR) is 120 cm³/mol. The molecule has 168 valence electrons. The Morgan fingerprint density at radius 2 is 2.06 bits per heavy atom. The van der Waals surface area contributed by atoms with Gasteiger partial charge in [0.05, 0.1) is 26.9 Å². The highest BCUT2D eigenvalue weighted by molar-refractivity contribution is 5.66. The van der Waals surface area contributed by atoms with Gasteiger partial charge in [-0.05, 0) is 53.2 Å². The van der Waals surface area contributed by atoms with E-state index in [1.165, 1.54) is 0 Å². The number of H-pyrrole nitrogens is 1. The highest BCUT2D eigenvalue weighted by atomic mass is 16.6. The lowest BCUT2D eigenvalue weighted by atomic mass is 10.1. The number of methoxy groups -OCH3 is 1. The van der Waals surface area contributed by atoms with Crippen LogP contribution in [0.25, 0.3) is 11.4 Å². The van der Waals surface area contributed by atoms with Crippen LogP contribution in [0.3, 0.4) is 0 Å². The Morgan fingerprint density at radius 1 is 1.15 bits per heavy atom. The van der Waals surface area contributed by atoms with E-state index in [1.54, 1.807) is 13.3 Å². The summed E-state index contributed by atoms with van der Waals surface area (Å²) in [5, 5.41) is 14.2. The van der Waals surface area contributed by atoms with Crippen molar-refractivity contribution < 1.29 is 14.2 Å². The second-order valence-electron chi connectivity index (χ2n) is 7.51. The molecule has 1 aliphatic rings. The average molecular weight is 445 g/mol. The number of nitrogens with zero attached hydrogens (tertiary/aromatic N) is 6. The van der Waals surface area contributed by atoms with Crippen LogP contribution < -0.4 is 14.4 Å². The maximum Gasteiger partial charge on any atom is 0.259 e. The van der Waals surface area contributed by atoms with Crippen LogP contribution in [0.4, 0.5) is 11.5 Å². The first kappa shape index (κ1) is 20.8. The van der Waals surface area contributed by atoms with E-state index >= 15 is 0 Å². The Hall–Kier alpha value is -4.05. The van der Waals surface area contributed by atoms with Gasteiger partial charge in [-0.25, -0.2) is 0 Å². The van der Waals surface area contributed by atoms with Crippen LogP contribution >= 0.6 is 0 Å². The van der Waals surface area contributed by atoms with Gasteiger partial charge < -0.3 is 19.1 Å². The number of nitrogens with one attached hydrogen (secondary N) is 1. The second kappa shape index (κ2) is 9.61. The molecule has 10 nitrogen and oxygen atoms in total. The SMILES string of the molecule is COc1ccc(N(Cc2cccnc2)c2ccc(-c3nn[nH]n3)cc2)nc1O[C@@H]1CCOC1. The van der Waals surface area contributed by atoms with Crippen LogP contribution in [0, 0.1) is 0 Å². The van der Waals surface area contributed by atoms with Gasteiger partial charge in [0.25, 0.3) is 5.88 Å². The van der Waals surface area contributed by atoms with Crippen molar-refractivity contribution in [1.82, 2.24) is 30.6 Å². The van der Waals surface area contributed by atoms with Gasteiger partial charge in [0.1, 0.15) is 11.9 Å². The molecule has 0 radical (unpaired) electrons. The molecule has 0 spiro atoms. The molecular weight excluding hydrogens is 422 g/mol. The third-order valence-electron chi connectivity index (χ3n) is 5.32. The van der Waals surface area contributed by atoms with E-state index in [2.05, 4.69) is 30.5 Å². The van der Waals surface area contributed by atoms with E-state index < -0.39 is 0 Å². The molecule has 0 amide bonds. The van der Waals surface area contributed by atoms with Crippen molar-refractivity contribution in [2.45, 2.75) is 19.1 Å². The Kier molecular flexibility index (Phi) is 6.07. The zero-order chi connectivity index (χ0) is 22.5. The molecule has 33 heavy (non-hydrogen) atoms. The topological polar surface area (TPSA) is 111 Å². The predicted octanol–water partition coefficient (Wildman–Crippen LogP) is 3.17. The minimum Gasteiger partial charge on any atom is -0.491 e. The molecule has 0 aliphatic carbocycles. The molecule has 1 N–H and O–H groups in total. The smallest absolute Gasteiger partial charge is 0.259 e. The fourth-order valence-corrected chi connectivity index (χ4v) is 3.63. The standard InChI is InChI=1S/C23H23N7O3/c1-31-20-8-9-21(25-23(20)33-19-10-12-32-15-19)30(14-16-3-2-11-24-13-16)18-6-4-17(5-7-18)22-26-28-29-27-22/h2-9,11,13,19H,10,12,14-15H2,1H3,(H,26,27,28,29)/t19-/m1/s1. The minimum atomic E-state index is -0.0392. The fourth-order valence-electron chi connectivity index (χ4n) is 3.63. The normalized spacial score (nSPS) is 15.4. The number of ether oxygens (including phenoxy) is 3. The van der Waals surface area contributed by atoms with Crippen LogP contribution in [0.1, 0.15) is 12.0 Å². The maximum absolute atomic E-state index is 6.12. The quantitative estimate of drug-likeness (QED) is 0.437. The molecular formula is C23H23N7O3. The highest BCUT2D eigenvalue weighted by Gasteiger charge is 2.22. The van der Waals surface area contributed by atoms with Crippen LogP contribution in [-0.2, 0) is 11.3 Å². The van der Waals surface area contributed by atoms with Crippen molar-refractivity contribution >= 4 is 11.5 Å².